The minimum atomic E-state index is -0.537. The van der Waals surface area contributed by atoms with Gasteiger partial charge in [0.05, 0.1) is 11.1 Å². The Balaban J connectivity index is 1.42. The molecule has 0 saturated carbocycles. The molecule has 39 heavy (non-hydrogen) atoms. The molecule has 4 rings (SSSR count). The van der Waals surface area contributed by atoms with Crippen molar-refractivity contribution in [2.75, 3.05) is 0 Å². The van der Waals surface area contributed by atoms with E-state index in [2.05, 4.69) is 13.8 Å². The highest BCUT2D eigenvalue weighted by Gasteiger charge is 2.24. The van der Waals surface area contributed by atoms with Gasteiger partial charge in [0, 0.05) is 16.5 Å². The van der Waals surface area contributed by atoms with E-state index in [4.69, 9.17) is 9.47 Å². The Morgan fingerprint density at radius 2 is 0.923 bits per heavy atom. The summed E-state index contributed by atoms with van der Waals surface area (Å²) in [6.45, 7) is 7.05. The summed E-state index contributed by atoms with van der Waals surface area (Å²) in [5, 5.41) is 0. The van der Waals surface area contributed by atoms with Gasteiger partial charge < -0.3 is 9.47 Å². The predicted molar refractivity (Wildman–Crippen MR) is 148 cm³/mol. The maximum absolute atomic E-state index is 12.6. The van der Waals surface area contributed by atoms with Crippen molar-refractivity contribution in [1.29, 1.82) is 0 Å². The Kier molecular flexibility index (Phi) is 7.86. The summed E-state index contributed by atoms with van der Waals surface area (Å²) in [6, 6.07) is 27.3. The Hall–Kier alpha value is -4.84. The summed E-state index contributed by atoms with van der Waals surface area (Å²) in [5.41, 5.74) is 3.26. The van der Waals surface area contributed by atoms with Crippen LogP contribution in [0.4, 0.5) is 0 Å². The monoisotopic (exact) mass is 520 g/mol. The number of ether oxygens (including phenoxy) is 2. The summed E-state index contributed by atoms with van der Waals surface area (Å²) < 4.78 is 11.0. The maximum atomic E-state index is 12.6. The molecule has 0 spiro atoms. The lowest BCUT2D eigenvalue weighted by molar-refractivity contribution is 0.0725. The first-order valence-corrected chi connectivity index (χ1v) is 12.4. The third-order valence-corrected chi connectivity index (χ3v) is 6.61. The quantitative estimate of drug-likeness (QED) is 0.143. The molecule has 4 aromatic carbocycles. The SMILES string of the molecule is CC(=O)c1ccc(C(=O)Oc2ccc(C(C)(C)c3ccc(OC(=O)c4cccc(C(C)=O)c4)cc3)cc2)cc1. The highest BCUT2D eigenvalue weighted by molar-refractivity contribution is 5.98. The average molecular weight is 521 g/mol. The van der Waals surface area contributed by atoms with E-state index in [9.17, 15) is 19.2 Å². The van der Waals surface area contributed by atoms with Gasteiger partial charge in [0.15, 0.2) is 11.6 Å². The molecule has 0 amide bonds. The number of esters is 2. The smallest absolute Gasteiger partial charge is 0.343 e. The Bertz CT molecular complexity index is 1530. The Morgan fingerprint density at radius 3 is 1.38 bits per heavy atom. The van der Waals surface area contributed by atoms with Crippen molar-refractivity contribution in [2.24, 2.45) is 0 Å². The zero-order valence-corrected chi connectivity index (χ0v) is 22.2. The molecule has 0 aliphatic heterocycles. The fourth-order valence-electron chi connectivity index (χ4n) is 4.08. The van der Waals surface area contributed by atoms with Crippen LogP contribution in [-0.2, 0) is 5.41 Å². The lowest BCUT2D eigenvalue weighted by Gasteiger charge is -2.26. The minimum Gasteiger partial charge on any atom is -0.423 e. The van der Waals surface area contributed by atoms with E-state index in [1.807, 2.05) is 24.3 Å². The topological polar surface area (TPSA) is 86.7 Å². The molecule has 0 bridgehead atoms. The van der Waals surface area contributed by atoms with Crippen LogP contribution in [0.2, 0.25) is 0 Å². The van der Waals surface area contributed by atoms with E-state index in [0.717, 1.165) is 11.1 Å². The number of hydrogen-bond donors (Lipinski definition) is 0. The van der Waals surface area contributed by atoms with Crippen LogP contribution < -0.4 is 9.47 Å². The van der Waals surface area contributed by atoms with Crippen molar-refractivity contribution in [3.8, 4) is 11.5 Å². The largest absolute Gasteiger partial charge is 0.423 e. The fraction of sp³-hybridized carbons (Fsp3) is 0.152. The molecule has 4 aromatic rings. The van der Waals surface area contributed by atoms with E-state index < -0.39 is 11.9 Å². The van der Waals surface area contributed by atoms with Crippen molar-refractivity contribution >= 4 is 23.5 Å². The molecule has 0 atom stereocenters. The number of carbonyl (C=O) groups excluding carboxylic acids is 4. The third kappa shape index (κ3) is 6.36. The fourth-order valence-corrected chi connectivity index (χ4v) is 4.08. The lowest BCUT2D eigenvalue weighted by atomic mass is 9.78. The molecule has 6 heteroatoms. The second-order valence-corrected chi connectivity index (χ2v) is 9.72. The first kappa shape index (κ1) is 27.2. The van der Waals surface area contributed by atoms with E-state index in [1.54, 1.807) is 66.7 Å². The number of benzene rings is 4. The molecule has 0 heterocycles. The molecule has 0 aliphatic carbocycles. The van der Waals surface area contributed by atoms with Crippen molar-refractivity contribution in [1.82, 2.24) is 0 Å². The van der Waals surface area contributed by atoms with Crippen LogP contribution >= 0.6 is 0 Å². The standard InChI is InChI=1S/C33H28O6/c1-21(34)23-8-10-24(11-9-23)31(36)38-29-16-12-27(13-17-29)33(3,4)28-14-18-30(19-15-28)39-32(37)26-7-5-6-25(20-26)22(2)35/h5-20H,1-4H3. The van der Waals surface area contributed by atoms with Crippen molar-refractivity contribution < 1.29 is 28.7 Å². The van der Waals surface area contributed by atoms with Crippen molar-refractivity contribution in [3.05, 3.63) is 130 Å². The van der Waals surface area contributed by atoms with Gasteiger partial charge in [-0.3, -0.25) is 9.59 Å². The second-order valence-electron chi connectivity index (χ2n) is 9.72. The first-order chi connectivity index (χ1) is 18.5. The van der Waals surface area contributed by atoms with Crippen LogP contribution in [0.15, 0.2) is 97.1 Å². The van der Waals surface area contributed by atoms with Gasteiger partial charge in [0.25, 0.3) is 0 Å². The van der Waals surface area contributed by atoms with E-state index in [-0.39, 0.29) is 17.0 Å². The number of rotatable bonds is 8. The second kappa shape index (κ2) is 11.3. The van der Waals surface area contributed by atoms with E-state index in [1.165, 1.54) is 19.9 Å². The molecule has 0 aliphatic rings. The van der Waals surface area contributed by atoms with Crippen LogP contribution in [-0.4, -0.2) is 23.5 Å². The molecule has 0 fully saturated rings. The van der Waals surface area contributed by atoms with Gasteiger partial charge in [-0.2, -0.15) is 0 Å². The normalized spacial score (nSPS) is 11.0. The van der Waals surface area contributed by atoms with Crippen LogP contribution in [0.5, 0.6) is 11.5 Å². The summed E-state index contributed by atoms with van der Waals surface area (Å²) in [4.78, 5) is 48.1. The van der Waals surface area contributed by atoms with Crippen LogP contribution in [0, 0.1) is 0 Å². The summed E-state index contributed by atoms with van der Waals surface area (Å²) in [6.07, 6.45) is 0. The first-order valence-electron chi connectivity index (χ1n) is 12.4. The van der Waals surface area contributed by atoms with Crippen molar-refractivity contribution in [2.45, 2.75) is 33.1 Å². The molecule has 0 unspecified atom stereocenters. The van der Waals surface area contributed by atoms with E-state index in [0.29, 0.717) is 33.8 Å². The van der Waals surface area contributed by atoms with Gasteiger partial charge in [-0.05, 0) is 73.5 Å². The van der Waals surface area contributed by atoms with Crippen molar-refractivity contribution in [3.63, 3.8) is 0 Å². The predicted octanol–water partition coefficient (Wildman–Crippen LogP) is 6.86. The Morgan fingerprint density at radius 1 is 0.513 bits per heavy atom. The molecule has 6 nitrogen and oxygen atoms in total. The van der Waals surface area contributed by atoms with Gasteiger partial charge in [-0.1, -0.05) is 62.4 Å². The molecule has 0 aromatic heterocycles. The van der Waals surface area contributed by atoms with Crippen LogP contribution in [0.1, 0.15) is 80.3 Å². The van der Waals surface area contributed by atoms with Gasteiger partial charge in [-0.15, -0.1) is 0 Å². The maximum Gasteiger partial charge on any atom is 0.343 e. The zero-order valence-electron chi connectivity index (χ0n) is 22.2. The molecular weight excluding hydrogens is 492 g/mol. The van der Waals surface area contributed by atoms with Gasteiger partial charge in [0.2, 0.25) is 0 Å². The molecule has 0 N–H and O–H groups in total. The van der Waals surface area contributed by atoms with E-state index >= 15 is 0 Å². The molecular formula is C33H28O6. The number of carbonyl (C=O) groups is 4. The number of Topliss-reactive ketones (excluding diaryl/α,β-unsaturated/α-hetero) is 2. The highest BCUT2D eigenvalue weighted by Crippen LogP contribution is 2.33. The minimum absolute atomic E-state index is 0.0693. The summed E-state index contributed by atoms with van der Waals surface area (Å²) >= 11 is 0. The highest BCUT2D eigenvalue weighted by atomic mass is 16.5. The number of hydrogen-bond acceptors (Lipinski definition) is 6. The molecule has 0 saturated heterocycles. The Labute approximate surface area is 227 Å². The van der Waals surface area contributed by atoms with Gasteiger partial charge >= 0.3 is 11.9 Å². The van der Waals surface area contributed by atoms with Gasteiger partial charge in [-0.25, -0.2) is 9.59 Å². The van der Waals surface area contributed by atoms with Crippen LogP contribution in [0.3, 0.4) is 0 Å². The molecule has 0 radical (unpaired) electrons. The average Bonchev–Trinajstić information content (AvgIpc) is 2.93. The van der Waals surface area contributed by atoms with Gasteiger partial charge in [0.1, 0.15) is 11.5 Å². The summed E-state index contributed by atoms with van der Waals surface area (Å²) in [7, 11) is 0. The summed E-state index contributed by atoms with van der Waals surface area (Å²) in [5.74, 6) is -0.430. The van der Waals surface area contributed by atoms with Crippen LogP contribution in [0.25, 0.3) is 0 Å². The lowest BCUT2D eigenvalue weighted by Crippen LogP contribution is -2.19. The third-order valence-electron chi connectivity index (χ3n) is 6.61. The zero-order chi connectivity index (χ0) is 28.2. The number of ketones is 2. The molecule has 196 valence electrons.